The van der Waals surface area contributed by atoms with Crippen molar-refractivity contribution in [2.45, 2.75) is 13.8 Å². The van der Waals surface area contributed by atoms with Gasteiger partial charge in [0.15, 0.2) is 0 Å². The zero-order chi connectivity index (χ0) is 22.7. The molecule has 0 bridgehead atoms. The fraction of sp³-hybridized carbons (Fsp3) is 0.231. The molecule has 1 aliphatic heterocycles. The lowest BCUT2D eigenvalue weighted by Gasteiger charge is -2.37. The van der Waals surface area contributed by atoms with E-state index in [0.717, 1.165) is 13.1 Å². The van der Waals surface area contributed by atoms with E-state index in [0.29, 0.717) is 34.4 Å². The molecule has 4 rings (SSSR count). The summed E-state index contributed by atoms with van der Waals surface area (Å²) in [6.07, 6.45) is 0. The van der Waals surface area contributed by atoms with Crippen LogP contribution in [0.1, 0.15) is 31.8 Å². The maximum Gasteiger partial charge on any atom is 0.256 e. The van der Waals surface area contributed by atoms with E-state index in [9.17, 15) is 9.59 Å². The highest BCUT2D eigenvalue weighted by molar-refractivity contribution is 9.10. The molecule has 0 saturated carbocycles. The van der Waals surface area contributed by atoms with E-state index >= 15 is 0 Å². The highest BCUT2D eigenvalue weighted by Gasteiger charge is 2.25. The largest absolute Gasteiger partial charge is 0.368 e. The molecule has 0 aliphatic carbocycles. The number of rotatable bonds is 4. The first-order valence-corrected chi connectivity index (χ1v) is 11.5. The Morgan fingerprint density at radius 3 is 2.19 bits per heavy atom. The van der Waals surface area contributed by atoms with Gasteiger partial charge in [0.1, 0.15) is 0 Å². The molecule has 3 aromatic carbocycles. The van der Waals surface area contributed by atoms with Crippen LogP contribution < -0.4 is 10.2 Å². The molecule has 0 atom stereocenters. The second-order valence-corrected chi connectivity index (χ2v) is 8.83. The third kappa shape index (κ3) is 4.55. The molecule has 32 heavy (non-hydrogen) atoms. The lowest BCUT2D eigenvalue weighted by atomic mass is 10.1. The smallest absolute Gasteiger partial charge is 0.256 e. The van der Waals surface area contributed by atoms with Crippen molar-refractivity contribution in [3.05, 3.63) is 93.5 Å². The van der Waals surface area contributed by atoms with Crippen LogP contribution in [0.5, 0.6) is 0 Å². The predicted octanol–water partition coefficient (Wildman–Crippen LogP) is 5.28. The molecule has 0 spiro atoms. The Labute approximate surface area is 197 Å². The molecule has 2 amide bonds. The number of amides is 2. The van der Waals surface area contributed by atoms with Crippen molar-refractivity contribution in [2.75, 3.05) is 36.4 Å². The molecule has 1 fully saturated rings. The first-order valence-electron chi connectivity index (χ1n) is 10.7. The number of halogens is 1. The minimum atomic E-state index is -0.252. The quantitative estimate of drug-likeness (QED) is 0.539. The SMILES string of the molecule is Cc1cccc(N2CCN(C(=O)c3ccccc3NC(=O)c3ccccc3Br)CC2)c1C. The van der Waals surface area contributed by atoms with Gasteiger partial charge in [-0.2, -0.15) is 0 Å². The predicted molar refractivity (Wildman–Crippen MR) is 133 cm³/mol. The van der Waals surface area contributed by atoms with Crippen LogP contribution in [0.4, 0.5) is 11.4 Å². The van der Waals surface area contributed by atoms with Gasteiger partial charge in [0.2, 0.25) is 0 Å². The van der Waals surface area contributed by atoms with E-state index in [4.69, 9.17) is 0 Å². The van der Waals surface area contributed by atoms with Crippen molar-refractivity contribution in [3.63, 3.8) is 0 Å². The summed E-state index contributed by atoms with van der Waals surface area (Å²) >= 11 is 3.41. The fourth-order valence-electron chi connectivity index (χ4n) is 4.01. The van der Waals surface area contributed by atoms with E-state index in [1.165, 1.54) is 16.8 Å². The Balaban J connectivity index is 1.47. The number of anilines is 2. The molecule has 1 aliphatic rings. The molecule has 164 valence electrons. The Hall–Kier alpha value is -3.12. The monoisotopic (exact) mass is 491 g/mol. The number of nitrogens with one attached hydrogen (secondary N) is 1. The van der Waals surface area contributed by atoms with Crippen LogP contribution in [0.25, 0.3) is 0 Å². The van der Waals surface area contributed by atoms with Crippen LogP contribution in [-0.4, -0.2) is 42.9 Å². The molecular formula is C26H26BrN3O2. The first-order chi connectivity index (χ1) is 15.5. The topological polar surface area (TPSA) is 52.6 Å². The van der Waals surface area contributed by atoms with E-state index in [2.05, 4.69) is 58.2 Å². The van der Waals surface area contributed by atoms with Crippen molar-refractivity contribution in [3.8, 4) is 0 Å². The van der Waals surface area contributed by atoms with Gasteiger partial charge in [0, 0.05) is 36.3 Å². The number of hydrogen-bond donors (Lipinski definition) is 1. The van der Waals surface area contributed by atoms with Gasteiger partial charge in [-0.15, -0.1) is 0 Å². The Morgan fingerprint density at radius 2 is 1.47 bits per heavy atom. The van der Waals surface area contributed by atoms with Gasteiger partial charge in [-0.3, -0.25) is 9.59 Å². The van der Waals surface area contributed by atoms with Crippen molar-refractivity contribution in [1.29, 1.82) is 0 Å². The number of piperazine rings is 1. The first kappa shape index (κ1) is 22.1. The minimum absolute atomic E-state index is 0.0614. The third-order valence-electron chi connectivity index (χ3n) is 6.01. The van der Waals surface area contributed by atoms with E-state index < -0.39 is 0 Å². The number of hydrogen-bond acceptors (Lipinski definition) is 3. The molecule has 1 heterocycles. The summed E-state index contributed by atoms with van der Waals surface area (Å²) in [5.74, 6) is -0.314. The summed E-state index contributed by atoms with van der Waals surface area (Å²) in [6.45, 7) is 7.10. The maximum atomic E-state index is 13.3. The van der Waals surface area contributed by atoms with Crippen LogP contribution in [0.2, 0.25) is 0 Å². The Bertz CT molecular complexity index is 1150. The Morgan fingerprint density at radius 1 is 0.812 bits per heavy atom. The van der Waals surface area contributed by atoms with Gasteiger partial charge >= 0.3 is 0 Å². The summed E-state index contributed by atoms with van der Waals surface area (Å²) in [7, 11) is 0. The average molecular weight is 492 g/mol. The fourth-order valence-corrected chi connectivity index (χ4v) is 4.48. The summed E-state index contributed by atoms with van der Waals surface area (Å²) in [6, 6.07) is 20.8. The zero-order valence-electron chi connectivity index (χ0n) is 18.3. The summed E-state index contributed by atoms with van der Waals surface area (Å²) in [5.41, 5.74) is 5.35. The van der Waals surface area contributed by atoms with Crippen molar-refractivity contribution < 1.29 is 9.59 Å². The number of aryl methyl sites for hydroxylation is 1. The summed E-state index contributed by atoms with van der Waals surface area (Å²) in [4.78, 5) is 30.3. The minimum Gasteiger partial charge on any atom is -0.368 e. The molecule has 0 aromatic heterocycles. The molecule has 3 aromatic rings. The molecule has 1 N–H and O–H groups in total. The number of para-hydroxylation sites is 1. The molecule has 5 nitrogen and oxygen atoms in total. The number of carbonyl (C=O) groups excluding carboxylic acids is 2. The molecule has 0 radical (unpaired) electrons. The van der Waals surface area contributed by atoms with Gasteiger partial charge < -0.3 is 15.1 Å². The highest BCUT2D eigenvalue weighted by atomic mass is 79.9. The van der Waals surface area contributed by atoms with Crippen molar-refractivity contribution in [2.24, 2.45) is 0 Å². The maximum absolute atomic E-state index is 13.3. The van der Waals surface area contributed by atoms with Crippen LogP contribution in [0.3, 0.4) is 0 Å². The highest BCUT2D eigenvalue weighted by Crippen LogP contribution is 2.25. The van der Waals surface area contributed by atoms with Crippen molar-refractivity contribution >= 4 is 39.1 Å². The lowest BCUT2D eigenvalue weighted by molar-refractivity contribution is 0.0748. The van der Waals surface area contributed by atoms with Gasteiger partial charge in [0.05, 0.1) is 16.8 Å². The normalized spacial score (nSPS) is 13.7. The summed E-state index contributed by atoms with van der Waals surface area (Å²) in [5, 5.41) is 2.91. The molecule has 6 heteroatoms. The third-order valence-corrected chi connectivity index (χ3v) is 6.70. The Kier molecular flexibility index (Phi) is 6.61. The number of nitrogens with zero attached hydrogens (tertiary/aromatic N) is 2. The van der Waals surface area contributed by atoms with Crippen molar-refractivity contribution in [1.82, 2.24) is 4.90 Å². The second kappa shape index (κ2) is 9.57. The van der Waals surface area contributed by atoms with Crippen LogP contribution in [-0.2, 0) is 0 Å². The number of carbonyl (C=O) groups is 2. The van der Waals surface area contributed by atoms with Gasteiger partial charge in [-0.05, 0) is 71.2 Å². The van der Waals surface area contributed by atoms with E-state index in [-0.39, 0.29) is 11.8 Å². The zero-order valence-corrected chi connectivity index (χ0v) is 19.9. The standard InChI is InChI=1S/C26H26BrN3O2/c1-18-8-7-13-24(19(18)2)29-14-16-30(17-15-29)26(32)21-10-4-6-12-23(21)28-25(31)20-9-3-5-11-22(20)27/h3-13H,14-17H2,1-2H3,(H,28,31). The summed E-state index contributed by atoms with van der Waals surface area (Å²) < 4.78 is 0.712. The molecule has 1 saturated heterocycles. The van der Waals surface area contributed by atoms with Gasteiger partial charge in [-0.1, -0.05) is 36.4 Å². The van der Waals surface area contributed by atoms with Gasteiger partial charge in [0.25, 0.3) is 11.8 Å². The van der Waals surface area contributed by atoms with Crippen LogP contribution >= 0.6 is 15.9 Å². The van der Waals surface area contributed by atoms with Crippen LogP contribution in [0, 0.1) is 13.8 Å². The second-order valence-electron chi connectivity index (χ2n) is 7.98. The van der Waals surface area contributed by atoms with E-state index in [1.54, 1.807) is 18.2 Å². The lowest BCUT2D eigenvalue weighted by Crippen LogP contribution is -2.49. The molecular weight excluding hydrogens is 466 g/mol. The average Bonchev–Trinajstić information content (AvgIpc) is 2.81. The number of benzene rings is 3. The van der Waals surface area contributed by atoms with Crippen LogP contribution in [0.15, 0.2) is 71.2 Å². The molecule has 0 unspecified atom stereocenters. The van der Waals surface area contributed by atoms with E-state index in [1.807, 2.05) is 35.2 Å². The van der Waals surface area contributed by atoms with Gasteiger partial charge in [-0.25, -0.2) is 0 Å².